The predicted molar refractivity (Wildman–Crippen MR) is 104 cm³/mol. The maximum atomic E-state index is 13.2. The Morgan fingerprint density at radius 1 is 1.11 bits per heavy atom. The Labute approximate surface area is 164 Å². The van der Waals surface area contributed by atoms with Crippen LogP contribution in [-0.4, -0.2) is 32.7 Å². The molecule has 27 heavy (non-hydrogen) atoms. The number of nitrogens with zero attached hydrogens (tertiary/aromatic N) is 1. The van der Waals surface area contributed by atoms with E-state index in [-0.39, 0.29) is 33.3 Å². The number of benzene rings is 2. The van der Waals surface area contributed by atoms with E-state index in [1.54, 1.807) is 12.1 Å². The number of amides is 1. The molecule has 0 saturated heterocycles. The van der Waals surface area contributed by atoms with Gasteiger partial charge in [-0.25, -0.2) is 17.1 Å². The lowest BCUT2D eigenvalue weighted by Gasteiger charge is -2.23. The van der Waals surface area contributed by atoms with Crippen LogP contribution in [0.5, 0.6) is 0 Å². The molecule has 8 heteroatoms. The highest BCUT2D eigenvalue weighted by Crippen LogP contribution is 2.26. The molecule has 146 valence electrons. The van der Waals surface area contributed by atoms with Gasteiger partial charge in [0.05, 0.1) is 21.5 Å². The minimum absolute atomic E-state index is 0.0203. The van der Waals surface area contributed by atoms with Gasteiger partial charge >= 0.3 is 0 Å². The Kier molecular flexibility index (Phi) is 6.62. The van der Waals surface area contributed by atoms with Crippen LogP contribution in [0.25, 0.3) is 0 Å². The van der Waals surface area contributed by atoms with Gasteiger partial charge in [-0.3, -0.25) is 4.79 Å². The van der Waals surface area contributed by atoms with E-state index in [1.807, 2.05) is 13.8 Å². The summed E-state index contributed by atoms with van der Waals surface area (Å²) in [6.45, 7) is 3.84. The first-order valence-corrected chi connectivity index (χ1v) is 10.1. The Balaban J connectivity index is 2.37. The van der Waals surface area contributed by atoms with Crippen molar-refractivity contribution in [3.63, 3.8) is 0 Å². The first kappa shape index (κ1) is 21.3. The van der Waals surface area contributed by atoms with Gasteiger partial charge in [-0.1, -0.05) is 37.6 Å². The Morgan fingerprint density at radius 3 is 2.22 bits per heavy atom. The van der Waals surface area contributed by atoms with Gasteiger partial charge in [0.15, 0.2) is 0 Å². The van der Waals surface area contributed by atoms with Crippen molar-refractivity contribution < 1.29 is 17.6 Å². The molecule has 0 aliphatic heterocycles. The first-order valence-electron chi connectivity index (χ1n) is 8.32. The van der Waals surface area contributed by atoms with Gasteiger partial charge < -0.3 is 5.32 Å². The van der Waals surface area contributed by atoms with E-state index >= 15 is 0 Å². The van der Waals surface area contributed by atoms with Crippen molar-refractivity contribution in [2.75, 3.05) is 14.1 Å². The van der Waals surface area contributed by atoms with Crippen molar-refractivity contribution in [2.45, 2.75) is 24.8 Å². The molecule has 2 aromatic rings. The number of hydrogen-bond acceptors (Lipinski definition) is 3. The molecule has 0 aliphatic carbocycles. The van der Waals surface area contributed by atoms with Crippen LogP contribution < -0.4 is 5.32 Å². The fraction of sp³-hybridized carbons (Fsp3) is 0.316. The van der Waals surface area contributed by atoms with Gasteiger partial charge in [0.2, 0.25) is 10.0 Å². The molecule has 1 atom stereocenters. The van der Waals surface area contributed by atoms with Gasteiger partial charge in [-0.2, -0.15) is 0 Å². The monoisotopic (exact) mass is 412 g/mol. The molecule has 0 aromatic heterocycles. The molecule has 0 spiro atoms. The summed E-state index contributed by atoms with van der Waals surface area (Å²) in [6.07, 6.45) is 0. The third-order valence-electron chi connectivity index (χ3n) is 4.14. The second kappa shape index (κ2) is 8.37. The van der Waals surface area contributed by atoms with Crippen LogP contribution in [-0.2, 0) is 10.0 Å². The molecule has 1 amide bonds. The van der Waals surface area contributed by atoms with E-state index in [0.717, 1.165) is 9.87 Å². The Bertz CT molecular complexity index is 928. The van der Waals surface area contributed by atoms with Gasteiger partial charge in [0.25, 0.3) is 5.91 Å². The van der Waals surface area contributed by atoms with Crippen molar-refractivity contribution >= 4 is 27.5 Å². The van der Waals surface area contributed by atoms with Crippen molar-refractivity contribution in [3.8, 4) is 0 Å². The highest BCUT2D eigenvalue weighted by molar-refractivity contribution is 7.89. The molecule has 0 heterocycles. The zero-order chi connectivity index (χ0) is 20.4. The third kappa shape index (κ3) is 4.86. The first-order chi connectivity index (χ1) is 12.5. The number of halogens is 2. The number of sulfonamides is 1. The molecule has 2 aromatic carbocycles. The minimum Gasteiger partial charge on any atom is -0.345 e. The molecule has 0 fully saturated rings. The molecule has 0 radical (unpaired) electrons. The van der Waals surface area contributed by atoms with Crippen molar-refractivity contribution in [1.82, 2.24) is 9.62 Å². The van der Waals surface area contributed by atoms with Crippen molar-refractivity contribution in [1.29, 1.82) is 0 Å². The summed E-state index contributed by atoms with van der Waals surface area (Å²) in [4.78, 5) is 12.8. The summed E-state index contributed by atoms with van der Waals surface area (Å²) in [5, 5.41) is 3.01. The number of carbonyl (C=O) groups is 1. The lowest BCUT2D eigenvalue weighted by atomic mass is 9.95. The number of rotatable bonds is 6. The highest BCUT2D eigenvalue weighted by Gasteiger charge is 2.24. The smallest absolute Gasteiger partial charge is 0.253 e. The molecule has 1 N–H and O–H groups in total. The molecule has 0 bridgehead atoms. The Hall–Kier alpha value is -1.96. The molecule has 5 nitrogen and oxygen atoms in total. The Morgan fingerprint density at radius 2 is 1.70 bits per heavy atom. The summed E-state index contributed by atoms with van der Waals surface area (Å²) in [7, 11) is -0.879. The van der Waals surface area contributed by atoms with Crippen LogP contribution in [0.15, 0.2) is 47.4 Å². The summed E-state index contributed by atoms with van der Waals surface area (Å²) in [5.41, 5.74) is 0.806. The lowest BCUT2D eigenvalue weighted by Crippen LogP contribution is -2.32. The summed E-state index contributed by atoms with van der Waals surface area (Å²) in [6, 6.07) is 9.48. The van der Waals surface area contributed by atoms with Gasteiger partial charge in [0.1, 0.15) is 5.82 Å². The summed E-state index contributed by atoms with van der Waals surface area (Å²) < 4.78 is 38.9. The lowest BCUT2D eigenvalue weighted by molar-refractivity contribution is 0.0925. The van der Waals surface area contributed by atoms with Gasteiger partial charge in [-0.15, -0.1) is 0 Å². The molecular weight excluding hydrogens is 391 g/mol. The van der Waals surface area contributed by atoms with E-state index in [4.69, 9.17) is 11.6 Å². The maximum Gasteiger partial charge on any atom is 0.253 e. The van der Waals surface area contributed by atoms with Gasteiger partial charge in [0, 0.05) is 14.1 Å². The van der Waals surface area contributed by atoms with Crippen molar-refractivity contribution in [3.05, 3.63) is 64.4 Å². The molecule has 2 rings (SSSR count). The fourth-order valence-corrected chi connectivity index (χ4v) is 3.71. The van der Waals surface area contributed by atoms with Crippen LogP contribution in [0.1, 0.15) is 35.8 Å². The minimum atomic E-state index is -3.70. The molecule has 0 saturated carbocycles. The van der Waals surface area contributed by atoms with E-state index in [9.17, 15) is 17.6 Å². The highest BCUT2D eigenvalue weighted by atomic mass is 35.5. The summed E-state index contributed by atoms with van der Waals surface area (Å²) >= 11 is 6.13. The topological polar surface area (TPSA) is 66.5 Å². The normalized spacial score (nSPS) is 13.0. The number of carbonyl (C=O) groups excluding carboxylic acids is 1. The molecular formula is C19H22ClFN2O3S. The number of nitrogens with one attached hydrogen (secondary N) is 1. The zero-order valence-corrected chi connectivity index (χ0v) is 17.1. The van der Waals surface area contributed by atoms with Gasteiger partial charge in [-0.05, 0) is 41.8 Å². The SMILES string of the molecule is CC(C)[C@H](NC(=O)c1cc(S(=O)(=O)N(C)C)ccc1Cl)c1ccc(F)cc1. The summed E-state index contributed by atoms with van der Waals surface area (Å²) in [5.74, 6) is -0.845. The van der Waals surface area contributed by atoms with E-state index in [0.29, 0.717) is 0 Å². The molecule has 0 unspecified atom stereocenters. The predicted octanol–water partition coefficient (Wildman–Crippen LogP) is 3.86. The van der Waals surface area contributed by atoms with Crippen molar-refractivity contribution in [2.24, 2.45) is 5.92 Å². The van der Waals surface area contributed by atoms with E-state index in [2.05, 4.69) is 5.32 Å². The van der Waals surface area contributed by atoms with Crippen LogP contribution in [0.2, 0.25) is 5.02 Å². The number of hydrogen-bond donors (Lipinski definition) is 1. The van der Waals surface area contributed by atoms with Crippen LogP contribution in [0.4, 0.5) is 4.39 Å². The van der Waals surface area contributed by atoms with E-state index in [1.165, 1.54) is 44.4 Å². The van der Waals surface area contributed by atoms with Crippen LogP contribution in [0, 0.1) is 11.7 Å². The largest absolute Gasteiger partial charge is 0.345 e. The van der Waals surface area contributed by atoms with E-state index < -0.39 is 15.9 Å². The third-order valence-corrected chi connectivity index (χ3v) is 6.28. The fourth-order valence-electron chi connectivity index (χ4n) is 2.57. The zero-order valence-electron chi connectivity index (χ0n) is 15.5. The van der Waals surface area contributed by atoms with Crippen LogP contribution in [0.3, 0.4) is 0 Å². The molecule has 0 aliphatic rings. The standard InChI is InChI=1S/C19H22ClFN2O3S/c1-12(2)18(13-5-7-14(21)8-6-13)22-19(24)16-11-15(9-10-17(16)20)27(25,26)23(3)4/h5-12,18H,1-4H3,(H,22,24)/t18-/m0/s1. The average molecular weight is 413 g/mol. The second-order valence-corrected chi connectivity index (χ2v) is 9.23. The maximum absolute atomic E-state index is 13.2. The quantitative estimate of drug-likeness (QED) is 0.783. The van der Waals surface area contributed by atoms with Crippen LogP contribution >= 0.6 is 11.6 Å². The average Bonchev–Trinajstić information content (AvgIpc) is 2.60. The second-order valence-electron chi connectivity index (χ2n) is 6.68.